The van der Waals surface area contributed by atoms with Crippen molar-refractivity contribution in [2.45, 2.75) is 17.1 Å². The van der Waals surface area contributed by atoms with Crippen molar-refractivity contribution in [3.8, 4) is 0 Å². The molecule has 0 bridgehead atoms. The van der Waals surface area contributed by atoms with Crippen LogP contribution in [0.2, 0.25) is 5.02 Å². The fourth-order valence-corrected chi connectivity index (χ4v) is 3.75. The van der Waals surface area contributed by atoms with Crippen molar-refractivity contribution in [3.05, 3.63) is 95.3 Å². The van der Waals surface area contributed by atoms with Gasteiger partial charge in [0, 0.05) is 22.3 Å². The molecule has 3 rings (SSSR count). The highest BCUT2D eigenvalue weighted by Crippen LogP contribution is 2.27. The van der Waals surface area contributed by atoms with Crippen LogP contribution in [0.25, 0.3) is 6.08 Å². The molecule has 3 aromatic carbocycles. The van der Waals surface area contributed by atoms with E-state index < -0.39 is 11.1 Å². The van der Waals surface area contributed by atoms with Crippen LogP contribution < -0.4 is 10.6 Å². The van der Waals surface area contributed by atoms with Gasteiger partial charge in [0.1, 0.15) is 5.82 Å². The highest BCUT2D eigenvalue weighted by molar-refractivity contribution is 8.00. The predicted octanol–water partition coefficient (Wildman–Crippen LogP) is 6.25. The van der Waals surface area contributed by atoms with Gasteiger partial charge in [-0.15, -0.1) is 11.8 Å². The van der Waals surface area contributed by atoms with Gasteiger partial charge in [0.15, 0.2) is 0 Å². The highest BCUT2D eigenvalue weighted by Gasteiger charge is 2.15. The van der Waals surface area contributed by atoms with Crippen molar-refractivity contribution >= 4 is 52.6 Å². The van der Waals surface area contributed by atoms with Gasteiger partial charge in [-0.25, -0.2) is 4.39 Å². The third-order valence-corrected chi connectivity index (χ3v) is 5.58. The molecule has 7 heteroatoms. The third-order valence-electron chi connectivity index (χ3n) is 4.20. The monoisotopic (exact) mass is 454 g/mol. The van der Waals surface area contributed by atoms with E-state index in [0.29, 0.717) is 11.4 Å². The molecular formula is C24H20ClFN2O2S. The number of benzene rings is 3. The second-order valence-electron chi connectivity index (χ2n) is 6.64. The quantitative estimate of drug-likeness (QED) is 0.327. The van der Waals surface area contributed by atoms with Gasteiger partial charge in [0.2, 0.25) is 11.8 Å². The largest absolute Gasteiger partial charge is 0.325 e. The van der Waals surface area contributed by atoms with Crippen molar-refractivity contribution in [1.29, 1.82) is 0 Å². The molecule has 31 heavy (non-hydrogen) atoms. The molecule has 2 amide bonds. The van der Waals surface area contributed by atoms with Crippen LogP contribution in [0.4, 0.5) is 15.8 Å². The Hall–Kier alpha value is -3.09. The van der Waals surface area contributed by atoms with Crippen molar-refractivity contribution in [2.24, 2.45) is 0 Å². The first-order valence-corrected chi connectivity index (χ1v) is 10.7. The average molecular weight is 455 g/mol. The maximum atomic E-state index is 13.3. The Morgan fingerprint density at radius 1 is 0.968 bits per heavy atom. The molecule has 2 N–H and O–H groups in total. The normalized spacial score (nSPS) is 11.8. The van der Waals surface area contributed by atoms with Gasteiger partial charge in [-0.05, 0) is 55.0 Å². The maximum Gasteiger partial charge on any atom is 0.248 e. The van der Waals surface area contributed by atoms with E-state index in [2.05, 4.69) is 10.6 Å². The number of carbonyl (C=O) groups excluding carboxylic acids is 2. The van der Waals surface area contributed by atoms with E-state index in [1.54, 1.807) is 25.1 Å². The van der Waals surface area contributed by atoms with E-state index in [9.17, 15) is 14.0 Å². The van der Waals surface area contributed by atoms with Crippen LogP contribution in [-0.4, -0.2) is 17.1 Å². The van der Waals surface area contributed by atoms with Gasteiger partial charge >= 0.3 is 0 Å². The summed E-state index contributed by atoms with van der Waals surface area (Å²) in [6.07, 6.45) is 3.21. The Balaban J connectivity index is 1.57. The Morgan fingerprint density at radius 3 is 2.45 bits per heavy atom. The van der Waals surface area contributed by atoms with Crippen LogP contribution in [0, 0.1) is 5.82 Å². The molecule has 4 nitrogen and oxygen atoms in total. The Labute approximate surface area is 189 Å². The van der Waals surface area contributed by atoms with Crippen molar-refractivity contribution in [2.75, 3.05) is 10.6 Å². The SMILES string of the molecule is CC(Sc1cccc(NC(=O)/C=C/c2ccccc2)c1)C(=O)Nc1ccc(F)c(Cl)c1. The van der Waals surface area contributed by atoms with Gasteiger partial charge in [-0.3, -0.25) is 9.59 Å². The number of nitrogens with one attached hydrogen (secondary N) is 2. The topological polar surface area (TPSA) is 58.2 Å². The smallest absolute Gasteiger partial charge is 0.248 e. The summed E-state index contributed by atoms with van der Waals surface area (Å²) in [5.74, 6) is -1.03. The minimum Gasteiger partial charge on any atom is -0.325 e. The molecule has 0 radical (unpaired) electrons. The first kappa shape index (κ1) is 22.6. The van der Waals surface area contributed by atoms with E-state index >= 15 is 0 Å². The molecule has 0 spiro atoms. The Bertz CT molecular complexity index is 1110. The molecule has 0 aliphatic heterocycles. The molecule has 158 valence electrons. The lowest BCUT2D eigenvalue weighted by molar-refractivity contribution is -0.115. The summed E-state index contributed by atoms with van der Waals surface area (Å²) in [6.45, 7) is 1.76. The summed E-state index contributed by atoms with van der Waals surface area (Å²) in [6, 6.07) is 20.8. The number of hydrogen-bond acceptors (Lipinski definition) is 3. The summed E-state index contributed by atoms with van der Waals surface area (Å²) >= 11 is 7.09. The standard InChI is InChI=1S/C24H20ClFN2O2S/c1-16(24(30)28-19-11-12-22(26)21(25)15-19)31-20-9-5-8-18(14-20)27-23(29)13-10-17-6-3-2-4-7-17/h2-16H,1H3,(H,27,29)(H,28,30)/b13-10+. The lowest BCUT2D eigenvalue weighted by atomic mass is 10.2. The molecule has 0 heterocycles. The molecule has 1 atom stereocenters. The minimum absolute atomic E-state index is 0.0529. The lowest BCUT2D eigenvalue weighted by Gasteiger charge is -2.13. The van der Waals surface area contributed by atoms with Crippen molar-refractivity contribution in [1.82, 2.24) is 0 Å². The van der Waals surface area contributed by atoms with E-state index in [0.717, 1.165) is 10.5 Å². The molecule has 0 aliphatic carbocycles. The highest BCUT2D eigenvalue weighted by atomic mass is 35.5. The van der Waals surface area contributed by atoms with Crippen LogP contribution in [0.5, 0.6) is 0 Å². The van der Waals surface area contributed by atoms with Crippen LogP contribution in [-0.2, 0) is 9.59 Å². The van der Waals surface area contributed by atoms with E-state index in [4.69, 9.17) is 11.6 Å². The number of halogens is 2. The summed E-state index contributed by atoms with van der Waals surface area (Å²) < 4.78 is 13.3. The van der Waals surface area contributed by atoms with Crippen LogP contribution in [0.3, 0.4) is 0 Å². The number of hydrogen-bond donors (Lipinski definition) is 2. The van der Waals surface area contributed by atoms with Gasteiger partial charge < -0.3 is 10.6 Å². The molecule has 0 aromatic heterocycles. The minimum atomic E-state index is -0.542. The number of thioether (sulfide) groups is 1. The number of carbonyl (C=O) groups is 2. The van der Waals surface area contributed by atoms with E-state index in [1.165, 1.54) is 36.0 Å². The second kappa shape index (κ2) is 10.8. The lowest BCUT2D eigenvalue weighted by Crippen LogP contribution is -2.22. The van der Waals surface area contributed by atoms with Crippen molar-refractivity contribution in [3.63, 3.8) is 0 Å². The molecular weight excluding hydrogens is 435 g/mol. The molecule has 0 saturated carbocycles. The zero-order valence-corrected chi connectivity index (χ0v) is 18.2. The first-order valence-electron chi connectivity index (χ1n) is 9.47. The number of amides is 2. The third kappa shape index (κ3) is 6.98. The van der Waals surface area contributed by atoms with E-state index in [1.807, 2.05) is 42.5 Å². The Morgan fingerprint density at radius 2 is 1.71 bits per heavy atom. The predicted molar refractivity (Wildman–Crippen MR) is 126 cm³/mol. The number of anilines is 2. The van der Waals surface area contributed by atoms with Crippen LogP contribution >= 0.6 is 23.4 Å². The van der Waals surface area contributed by atoms with Gasteiger partial charge in [0.25, 0.3) is 0 Å². The molecule has 0 fully saturated rings. The first-order chi connectivity index (χ1) is 14.9. The molecule has 0 aliphatic rings. The van der Waals surface area contributed by atoms with Crippen LogP contribution in [0.15, 0.2) is 83.8 Å². The fourth-order valence-electron chi connectivity index (χ4n) is 2.64. The van der Waals surface area contributed by atoms with Gasteiger partial charge in [-0.1, -0.05) is 48.0 Å². The second-order valence-corrected chi connectivity index (χ2v) is 8.46. The summed E-state index contributed by atoms with van der Waals surface area (Å²) in [4.78, 5) is 25.4. The zero-order valence-electron chi connectivity index (χ0n) is 16.6. The molecule has 1 unspecified atom stereocenters. The summed E-state index contributed by atoms with van der Waals surface area (Å²) in [5, 5.41) is 5.06. The average Bonchev–Trinajstić information content (AvgIpc) is 2.76. The van der Waals surface area contributed by atoms with Crippen LogP contribution in [0.1, 0.15) is 12.5 Å². The fraction of sp³-hybridized carbons (Fsp3) is 0.0833. The maximum absolute atomic E-state index is 13.3. The van der Waals surface area contributed by atoms with E-state index in [-0.39, 0.29) is 16.8 Å². The van der Waals surface area contributed by atoms with Gasteiger partial charge in [-0.2, -0.15) is 0 Å². The summed E-state index contributed by atoms with van der Waals surface area (Å²) in [7, 11) is 0. The molecule has 0 saturated heterocycles. The number of rotatable bonds is 7. The molecule has 3 aromatic rings. The Kier molecular flexibility index (Phi) is 7.87. The summed E-state index contributed by atoms with van der Waals surface area (Å²) in [5.41, 5.74) is 1.99. The van der Waals surface area contributed by atoms with Crippen molar-refractivity contribution < 1.29 is 14.0 Å². The zero-order chi connectivity index (χ0) is 22.2. The van der Waals surface area contributed by atoms with Gasteiger partial charge in [0.05, 0.1) is 10.3 Å².